The monoisotopic (exact) mass is 453 g/mol. The van der Waals surface area contributed by atoms with Crippen molar-refractivity contribution in [3.63, 3.8) is 0 Å². The number of hydrogen-bond acceptors (Lipinski definition) is 6. The van der Waals surface area contributed by atoms with Crippen LogP contribution in [-0.2, 0) is 24.4 Å². The SMILES string of the molecule is C=C(C)C(=O)OCCCCCC[N+](C)(C)CCCS(=O)(=O)O.C[N+](C)(C)CC(=O)[O-]. The standard InChI is InChI=1S/C15H29NO5S.C5H11NO2/c1-14(2)15(17)21-12-8-6-5-7-10-16(3,4)11-9-13-22(18,19)20;1-6(2,3)4-5(7)8/h1,5-13H2,2-4H3;4H2,1-3H3/p+1. The van der Waals surface area contributed by atoms with Gasteiger partial charge in [0.2, 0.25) is 0 Å². The fraction of sp³-hybridized carbons (Fsp3) is 0.800. The van der Waals surface area contributed by atoms with E-state index in [1.165, 1.54) is 0 Å². The molecule has 9 nitrogen and oxygen atoms in total. The largest absolute Gasteiger partial charge is 0.544 e. The second-order valence-corrected chi connectivity index (χ2v) is 10.7. The lowest BCUT2D eigenvalue weighted by molar-refractivity contribution is -0.890. The summed E-state index contributed by atoms with van der Waals surface area (Å²) in [6, 6.07) is 0. The molecule has 10 heteroatoms. The number of unbranched alkanes of at least 4 members (excludes halogenated alkanes) is 3. The van der Waals surface area contributed by atoms with Crippen molar-refractivity contribution in [2.75, 3.05) is 67.2 Å². The number of carbonyl (C=O) groups excluding carboxylic acids is 2. The van der Waals surface area contributed by atoms with E-state index >= 15 is 0 Å². The van der Waals surface area contributed by atoms with E-state index < -0.39 is 16.1 Å². The Bertz CT molecular complexity index is 638. The van der Waals surface area contributed by atoms with Crippen LogP contribution in [0.4, 0.5) is 0 Å². The van der Waals surface area contributed by atoms with Crippen molar-refractivity contribution in [3.8, 4) is 0 Å². The first kappa shape index (κ1) is 30.7. The first-order chi connectivity index (χ1) is 13.5. The van der Waals surface area contributed by atoms with Gasteiger partial charge < -0.3 is 23.6 Å². The van der Waals surface area contributed by atoms with E-state index in [9.17, 15) is 23.1 Å². The van der Waals surface area contributed by atoms with Crippen LogP contribution in [0.25, 0.3) is 0 Å². The van der Waals surface area contributed by atoms with Gasteiger partial charge in [-0.3, -0.25) is 4.55 Å². The highest BCUT2D eigenvalue weighted by Crippen LogP contribution is 2.08. The maximum absolute atomic E-state index is 11.1. The summed E-state index contributed by atoms with van der Waals surface area (Å²) in [4.78, 5) is 21.0. The number of hydrogen-bond donors (Lipinski definition) is 1. The molecule has 0 saturated heterocycles. The molecular weight excluding hydrogens is 412 g/mol. The summed E-state index contributed by atoms with van der Waals surface area (Å²) in [7, 11) is 5.66. The Kier molecular flexibility index (Phi) is 14.8. The van der Waals surface area contributed by atoms with Crippen LogP contribution in [0.3, 0.4) is 0 Å². The Morgan fingerprint density at radius 1 is 0.967 bits per heavy atom. The third-order valence-corrected chi connectivity index (χ3v) is 4.81. The van der Waals surface area contributed by atoms with Gasteiger partial charge in [0, 0.05) is 12.0 Å². The molecule has 178 valence electrons. The zero-order valence-corrected chi connectivity index (χ0v) is 20.3. The quantitative estimate of drug-likeness (QED) is 0.133. The van der Waals surface area contributed by atoms with Gasteiger partial charge in [0.25, 0.3) is 10.1 Å². The van der Waals surface area contributed by atoms with Crippen LogP contribution in [0.1, 0.15) is 39.0 Å². The summed E-state index contributed by atoms with van der Waals surface area (Å²) in [5.74, 6) is -1.52. The summed E-state index contributed by atoms with van der Waals surface area (Å²) in [5.41, 5.74) is 0.420. The van der Waals surface area contributed by atoms with Crippen molar-refractivity contribution in [3.05, 3.63) is 12.2 Å². The van der Waals surface area contributed by atoms with Gasteiger partial charge in [-0.15, -0.1) is 0 Å². The predicted molar refractivity (Wildman–Crippen MR) is 115 cm³/mol. The van der Waals surface area contributed by atoms with Gasteiger partial charge in [0.1, 0.15) is 6.54 Å². The van der Waals surface area contributed by atoms with Crippen LogP contribution in [-0.4, -0.2) is 101 Å². The maximum Gasteiger partial charge on any atom is 0.333 e. The molecule has 0 aliphatic heterocycles. The summed E-state index contributed by atoms with van der Waals surface area (Å²) >= 11 is 0. The average Bonchev–Trinajstić information content (AvgIpc) is 2.50. The molecule has 0 saturated carbocycles. The van der Waals surface area contributed by atoms with Crippen molar-refractivity contribution < 1.29 is 41.4 Å². The lowest BCUT2D eigenvalue weighted by Gasteiger charge is -2.29. The van der Waals surface area contributed by atoms with Crippen LogP contribution in [0.5, 0.6) is 0 Å². The third-order valence-electron chi connectivity index (χ3n) is 4.01. The number of aliphatic carboxylic acids is 1. The molecule has 0 bridgehead atoms. The number of ether oxygens (including phenoxy) is 1. The van der Waals surface area contributed by atoms with Gasteiger partial charge in [-0.2, -0.15) is 8.42 Å². The van der Waals surface area contributed by atoms with Gasteiger partial charge in [-0.05, 0) is 32.6 Å². The van der Waals surface area contributed by atoms with Crippen molar-refractivity contribution in [1.82, 2.24) is 0 Å². The summed E-state index contributed by atoms with van der Waals surface area (Å²) in [5, 5.41) is 9.89. The highest BCUT2D eigenvalue weighted by Gasteiger charge is 2.16. The molecule has 0 aliphatic rings. The van der Waals surface area contributed by atoms with E-state index in [0.717, 1.165) is 43.3 Å². The molecule has 0 spiro atoms. The molecule has 0 aromatic carbocycles. The Labute approximate surface area is 182 Å². The summed E-state index contributed by atoms with van der Waals surface area (Å²) in [6.45, 7) is 7.32. The van der Waals surface area contributed by atoms with E-state index in [1.807, 2.05) is 0 Å². The average molecular weight is 454 g/mol. The van der Waals surface area contributed by atoms with E-state index in [2.05, 4.69) is 20.7 Å². The Balaban J connectivity index is 0. The smallest absolute Gasteiger partial charge is 0.333 e. The van der Waals surface area contributed by atoms with Crippen LogP contribution in [0, 0.1) is 0 Å². The van der Waals surface area contributed by atoms with Crippen LogP contribution in [0.15, 0.2) is 12.2 Å². The molecule has 0 fully saturated rings. The number of carboxylic acids is 1. The zero-order chi connectivity index (χ0) is 24.0. The lowest BCUT2D eigenvalue weighted by Crippen LogP contribution is -2.45. The Hall–Kier alpha value is -1.49. The first-order valence-corrected chi connectivity index (χ1v) is 11.7. The molecule has 0 heterocycles. The van der Waals surface area contributed by atoms with E-state index in [-0.39, 0.29) is 18.3 Å². The van der Waals surface area contributed by atoms with E-state index in [1.54, 1.807) is 28.1 Å². The second kappa shape index (κ2) is 14.5. The summed E-state index contributed by atoms with van der Waals surface area (Å²) in [6.07, 6.45) is 4.38. The molecule has 0 radical (unpaired) electrons. The van der Waals surface area contributed by atoms with Crippen LogP contribution in [0.2, 0.25) is 0 Å². The fourth-order valence-corrected chi connectivity index (χ4v) is 2.95. The fourth-order valence-electron chi connectivity index (χ4n) is 2.46. The van der Waals surface area contributed by atoms with Crippen LogP contribution < -0.4 is 5.11 Å². The number of nitrogens with zero attached hydrogens (tertiary/aromatic N) is 2. The maximum atomic E-state index is 11.1. The minimum absolute atomic E-state index is 0.0694. The molecule has 0 unspecified atom stereocenters. The minimum Gasteiger partial charge on any atom is -0.544 e. The molecule has 1 N–H and O–H groups in total. The highest BCUT2D eigenvalue weighted by molar-refractivity contribution is 7.85. The number of carboxylic acid groups (broad SMARTS) is 1. The molecule has 0 rings (SSSR count). The third kappa shape index (κ3) is 24.5. The number of likely N-dealkylation sites (N-methyl/N-ethyl adjacent to an activating group) is 1. The van der Waals surface area contributed by atoms with Gasteiger partial charge in [-0.1, -0.05) is 6.58 Å². The topological polar surface area (TPSA) is 121 Å². The molecular formula is C20H41N2O7S+. The van der Waals surface area contributed by atoms with E-state index in [0.29, 0.717) is 23.1 Å². The molecule has 0 aromatic rings. The number of quaternary nitrogens is 2. The highest BCUT2D eigenvalue weighted by atomic mass is 32.2. The van der Waals surface area contributed by atoms with Crippen LogP contribution >= 0.6 is 0 Å². The molecule has 30 heavy (non-hydrogen) atoms. The first-order valence-electron chi connectivity index (χ1n) is 10.1. The zero-order valence-electron chi connectivity index (χ0n) is 19.5. The molecule has 0 aliphatic carbocycles. The van der Waals surface area contributed by atoms with E-state index in [4.69, 9.17) is 9.29 Å². The molecule has 0 atom stereocenters. The van der Waals surface area contributed by atoms with Crippen molar-refractivity contribution >= 4 is 22.1 Å². The number of rotatable bonds is 14. The van der Waals surface area contributed by atoms with Gasteiger partial charge >= 0.3 is 5.97 Å². The van der Waals surface area contributed by atoms with Gasteiger partial charge in [0.15, 0.2) is 0 Å². The second-order valence-electron chi connectivity index (χ2n) is 9.17. The molecule has 0 amide bonds. The summed E-state index contributed by atoms with van der Waals surface area (Å²) < 4.78 is 36.2. The normalized spacial score (nSPS) is 12.0. The minimum atomic E-state index is -3.85. The lowest BCUT2D eigenvalue weighted by atomic mass is 10.2. The van der Waals surface area contributed by atoms with Gasteiger partial charge in [0.05, 0.1) is 66.7 Å². The van der Waals surface area contributed by atoms with Crippen molar-refractivity contribution in [2.24, 2.45) is 0 Å². The van der Waals surface area contributed by atoms with Crippen molar-refractivity contribution in [2.45, 2.75) is 39.0 Å². The Morgan fingerprint density at radius 2 is 1.47 bits per heavy atom. The number of esters is 1. The van der Waals surface area contributed by atoms with Crippen molar-refractivity contribution in [1.29, 1.82) is 0 Å². The predicted octanol–water partition coefficient (Wildman–Crippen LogP) is 0.463. The van der Waals surface area contributed by atoms with Gasteiger partial charge in [-0.25, -0.2) is 4.79 Å². The Morgan fingerprint density at radius 3 is 1.87 bits per heavy atom. The molecule has 0 aromatic heterocycles. The number of carbonyl (C=O) groups is 2.